The maximum Gasteiger partial charge on any atom is 0.148 e. The molecule has 0 aliphatic carbocycles. The third-order valence-electron chi connectivity index (χ3n) is 2.03. The predicted molar refractivity (Wildman–Crippen MR) is 62.1 cm³/mol. The highest BCUT2D eigenvalue weighted by Gasteiger charge is 2.04. The first-order valence-corrected chi connectivity index (χ1v) is 6.98. The largest absolute Gasteiger partial charge is 0.506 e. The van der Waals surface area contributed by atoms with Crippen LogP contribution in [0.4, 0.5) is 0 Å². The van der Waals surface area contributed by atoms with E-state index in [9.17, 15) is 13.5 Å². The first-order valence-electron chi connectivity index (χ1n) is 4.92. The number of nitrogens with zero attached hydrogens (tertiary/aromatic N) is 1. The molecule has 1 heterocycles. The number of pyridine rings is 1. The van der Waals surface area contributed by atoms with Crippen LogP contribution in [0.2, 0.25) is 0 Å². The topological polar surface area (TPSA) is 79.3 Å². The summed E-state index contributed by atoms with van der Waals surface area (Å²) < 4.78 is 21.7. The van der Waals surface area contributed by atoms with Gasteiger partial charge in [0.05, 0.1) is 11.4 Å². The zero-order valence-electron chi connectivity index (χ0n) is 9.40. The van der Waals surface area contributed by atoms with Gasteiger partial charge in [0.2, 0.25) is 0 Å². The van der Waals surface area contributed by atoms with Crippen LogP contribution in [0.1, 0.15) is 11.4 Å². The van der Waals surface area contributed by atoms with Crippen LogP contribution in [-0.4, -0.2) is 37.1 Å². The van der Waals surface area contributed by atoms with Crippen LogP contribution < -0.4 is 5.32 Å². The number of rotatable bonds is 5. The van der Waals surface area contributed by atoms with Gasteiger partial charge in [0.15, 0.2) is 0 Å². The van der Waals surface area contributed by atoms with E-state index in [0.29, 0.717) is 18.8 Å². The van der Waals surface area contributed by atoms with Gasteiger partial charge in [-0.3, -0.25) is 4.98 Å². The lowest BCUT2D eigenvalue weighted by atomic mass is 10.3. The molecule has 2 N–H and O–H groups in total. The Labute approximate surface area is 95.4 Å². The maximum absolute atomic E-state index is 10.9. The molecule has 0 radical (unpaired) electrons. The van der Waals surface area contributed by atoms with Crippen molar-refractivity contribution in [1.29, 1.82) is 0 Å². The summed E-state index contributed by atoms with van der Waals surface area (Å²) in [6, 6.07) is 3.30. The molecule has 1 aromatic heterocycles. The number of sulfone groups is 1. The first-order chi connectivity index (χ1) is 7.38. The van der Waals surface area contributed by atoms with Gasteiger partial charge in [-0.15, -0.1) is 0 Å². The van der Waals surface area contributed by atoms with E-state index in [1.54, 1.807) is 12.1 Å². The minimum Gasteiger partial charge on any atom is -0.506 e. The van der Waals surface area contributed by atoms with Crippen molar-refractivity contribution in [2.24, 2.45) is 0 Å². The Morgan fingerprint density at radius 3 is 2.75 bits per heavy atom. The zero-order chi connectivity index (χ0) is 12.2. The van der Waals surface area contributed by atoms with Gasteiger partial charge < -0.3 is 10.4 Å². The van der Waals surface area contributed by atoms with E-state index in [0.717, 1.165) is 5.69 Å². The molecular formula is C10H16N2O3S. The summed E-state index contributed by atoms with van der Waals surface area (Å²) in [6.45, 7) is 2.55. The second-order valence-electron chi connectivity index (χ2n) is 3.73. The van der Waals surface area contributed by atoms with Crippen LogP contribution in [0, 0.1) is 6.92 Å². The average molecular weight is 244 g/mol. The molecule has 6 heteroatoms. The Morgan fingerprint density at radius 2 is 2.12 bits per heavy atom. The van der Waals surface area contributed by atoms with Gasteiger partial charge in [0, 0.05) is 25.0 Å². The highest BCUT2D eigenvalue weighted by Crippen LogP contribution is 2.13. The van der Waals surface area contributed by atoms with Crippen LogP contribution in [0.3, 0.4) is 0 Å². The fraction of sp³-hybridized carbons (Fsp3) is 0.500. The highest BCUT2D eigenvalue weighted by molar-refractivity contribution is 7.90. The van der Waals surface area contributed by atoms with Gasteiger partial charge in [-0.25, -0.2) is 8.42 Å². The number of hydrogen-bond donors (Lipinski definition) is 2. The van der Waals surface area contributed by atoms with E-state index in [1.165, 1.54) is 6.26 Å². The number of nitrogens with one attached hydrogen (secondary N) is 1. The van der Waals surface area contributed by atoms with Gasteiger partial charge in [-0.05, 0) is 19.1 Å². The lowest BCUT2D eigenvalue weighted by molar-refractivity contribution is 0.460. The van der Waals surface area contributed by atoms with E-state index in [-0.39, 0.29) is 11.5 Å². The van der Waals surface area contributed by atoms with Crippen molar-refractivity contribution in [2.45, 2.75) is 13.5 Å². The summed E-state index contributed by atoms with van der Waals surface area (Å²) in [6.07, 6.45) is 1.19. The molecule has 1 rings (SSSR count). The summed E-state index contributed by atoms with van der Waals surface area (Å²) >= 11 is 0. The normalized spacial score (nSPS) is 11.6. The van der Waals surface area contributed by atoms with Crippen LogP contribution in [-0.2, 0) is 16.4 Å². The minimum atomic E-state index is -2.94. The van der Waals surface area contributed by atoms with Crippen molar-refractivity contribution < 1.29 is 13.5 Å². The Kier molecular flexibility index (Phi) is 4.26. The molecule has 0 atom stereocenters. The maximum atomic E-state index is 10.9. The molecule has 0 saturated heterocycles. The minimum absolute atomic E-state index is 0.0829. The third-order valence-corrected chi connectivity index (χ3v) is 2.98. The first kappa shape index (κ1) is 12.9. The SMILES string of the molecule is Cc1ccc(O)c(CNCCS(C)(=O)=O)n1. The van der Waals surface area contributed by atoms with Crippen LogP contribution in [0.5, 0.6) is 5.75 Å². The molecule has 0 bridgehead atoms. The molecule has 0 fully saturated rings. The monoisotopic (exact) mass is 244 g/mol. The van der Waals surface area contributed by atoms with Crippen molar-refractivity contribution in [3.05, 3.63) is 23.5 Å². The average Bonchev–Trinajstić information content (AvgIpc) is 2.16. The summed E-state index contributed by atoms with van der Waals surface area (Å²) in [4.78, 5) is 4.14. The Bertz CT molecular complexity index is 457. The van der Waals surface area contributed by atoms with Gasteiger partial charge in [-0.2, -0.15) is 0 Å². The molecule has 0 unspecified atom stereocenters. The quantitative estimate of drug-likeness (QED) is 0.725. The van der Waals surface area contributed by atoms with E-state index in [4.69, 9.17) is 0 Å². The van der Waals surface area contributed by atoms with Crippen molar-refractivity contribution >= 4 is 9.84 Å². The van der Waals surface area contributed by atoms with E-state index >= 15 is 0 Å². The van der Waals surface area contributed by atoms with Gasteiger partial charge in [0.1, 0.15) is 15.6 Å². The fourth-order valence-corrected chi connectivity index (χ4v) is 1.71. The second-order valence-corrected chi connectivity index (χ2v) is 5.98. The van der Waals surface area contributed by atoms with Crippen molar-refractivity contribution in [3.63, 3.8) is 0 Å². The van der Waals surface area contributed by atoms with Crippen molar-refractivity contribution in [1.82, 2.24) is 10.3 Å². The molecule has 0 saturated carbocycles. The van der Waals surface area contributed by atoms with Crippen molar-refractivity contribution in [2.75, 3.05) is 18.6 Å². The zero-order valence-corrected chi connectivity index (χ0v) is 10.2. The van der Waals surface area contributed by atoms with Crippen molar-refractivity contribution in [3.8, 4) is 5.75 Å². The van der Waals surface area contributed by atoms with E-state index in [2.05, 4.69) is 10.3 Å². The highest BCUT2D eigenvalue weighted by atomic mass is 32.2. The Hall–Kier alpha value is -1.14. The molecule has 0 aromatic carbocycles. The standard InChI is InChI=1S/C10H16N2O3S/c1-8-3-4-10(13)9(12-8)7-11-5-6-16(2,14)15/h3-4,11,13H,5-7H2,1-2H3. The van der Waals surface area contributed by atoms with Crippen LogP contribution in [0.15, 0.2) is 12.1 Å². The van der Waals surface area contributed by atoms with Gasteiger partial charge in [0.25, 0.3) is 0 Å². The summed E-state index contributed by atoms with van der Waals surface area (Å²) in [5.41, 5.74) is 1.35. The Morgan fingerprint density at radius 1 is 1.44 bits per heavy atom. The molecule has 0 aliphatic rings. The molecule has 90 valence electrons. The smallest absolute Gasteiger partial charge is 0.148 e. The molecule has 0 amide bonds. The number of aromatic hydroxyl groups is 1. The number of aromatic nitrogens is 1. The molecular weight excluding hydrogens is 228 g/mol. The second kappa shape index (κ2) is 5.27. The molecule has 5 nitrogen and oxygen atoms in total. The summed E-state index contributed by atoms with van der Waals surface area (Å²) in [7, 11) is -2.94. The predicted octanol–water partition coefficient (Wildman–Crippen LogP) is 0.230. The number of aryl methyl sites for hydroxylation is 1. The third kappa shape index (κ3) is 4.59. The van der Waals surface area contributed by atoms with Crippen LogP contribution >= 0.6 is 0 Å². The molecule has 16 heavy (non-hydrogen) atoms. The summed E-state index contributed by atoms with van der Waals surface area (Å²) in [5.74, 6) is 0.206. The summed E-state index contributed by atoms with van der Waals surface area (Å²) in [5, 5.41) is 12.4. The van der Waals surface area contributed by atoms with Gasteiger partial charge in [-0.1, -0.05) is 0 Å². The lowest BCUT2D eigenvalue weighted by Gasteiger charge is -2.06. The molecule has 0 aliphatic heterocycles. The van der Waals surface area contributed by atoms with Gasteiger partial charge >= 0.3 is 0 Å². The molecule has 1 aromatic rings. The Balaban J connectivity index is 2.46. The number of hydrogen-bond acceptors (Lipinski definition) is 5. The van der Waals surface area contributed by atoms with Crippen LogP contribution in [0.25, 0.3) is 0 Å². The lowest BCUT2D eigenvalue weighted by Crippen LogP contribution is -2.22. The molecule has 0 spiro atoms. The fourth-order valence-electron chi connectivity index (χ4n) is 1.20. The van der Waals surface area contributed by atoms with E-state index < -0.39 is 9.84 Å². The van der Waals surface area contributed by atoms with E-state index in [1.807, 2.05) is 6.92 Å².